The van der Waals surface area contributed by atoms with E-state index in [0.717, 1.165) is 12.2 Å². The van der Waals surface area contributed by atoms with Crippen LogP contribution in [0.3, 0.4) is 0 Å². The molecule has 0 bridgehead atoms. The smallest absolute Gasteiger partial charge is 0.119 e. The third kappa shape index (κ3) is 3.72. The van der Waals surface area contributed by atoms with Gasteiger partial charge in [-0.05, 0) is 35.2 Å². The normalized spacial score (nSPS) is 10.2. The number of ether oxygens (including phenoxy) is 1. The van der Waals surface area contributed by atoms with E-state index in [9.17, 15) is 0 Å². The summed E-state index contributed by atoms with van der Waals surface area (Å²) in [6.45, 7) is 6.40. The Bertz CT molecular complexity index is 526. The van der Waals surface area contributed by atoms with Gasteiger partial charge in [0, 0.05) is 0 Å². The molecule has 98 valence electrons. The van der Waals surface area contributed by atoms with Crippen LogP contribution < -0.4 is 4.74 Å². The van der Waals surface area contributed by atoms with Crippen molar-refractivity contribution >= 4 is 0 Å². The van der Waals surface area contributed by atoms with E-state index in [1.807, 2.05) is 12.1 Å². The van der Waals surface area contributed by atoms with Crippen molar-refractivity contribution in [3.05, 3.63) is 66.7 Å². The molecule has 0 N–H and O–H groups in total. The van der Waals surface area contributed by atoms with Crippen LogP contribution in [0, 0.1) is 0 Å². The largest absolute Gasteiger partial charge is 0.490 e. The molecule has 0 saturated carbocycles. The highest BCUT2D eigenvalue weighted by Crippen LogP contribution is 2.23. The second-order valence-corrected chi connectivity index (χ2v) is 4.57. The maximum Gasteiger partial charge on any atom is 0.119 e. The van der Waals surface area contributed by atoms with Crippen LogP contribution in [0.2, 0.25) is 0 Å². The summed E-state index contributed by atoms with van der Waals surface area (Å²) in [5, 5.41) is 0. The molecule has 0 aliphatic carbocycles. The van der Waals surface area contributed by atoms with E-state index in [1.54, 1.807) is 6.08 Å². The molecular weight excluding hydrogens is 232 g/mol. The number of rotatable bonds is 6. The van der Waals surface area contributed by atoms with Crippen molar-refractivity contribution in [2.45, 2.75) is 19.8 Å². The van der Waals surface area contributed by atoms with Gasteiger partial charge in [-0.3, -0.25) is 0 Å². The molecule has 0 aliphatic heterocycles. The Morgan fingerprint density at radius 1 is 1.05 bits per heavy atom. The van der Waals surface area contributed by atoms with Crippen molar-refractivity contribution in [3.63, 3.8) is 0 Å². The lowest BCUT2D eigenvalue weighted by molar-refractivity contribution is 0.363. The number of hydrogen-bond donors (Lipinski definition) is 0. The Balaban J connectivity index is 2.17. The van der Waals surface area contributed by atoms with Crippen LogP contribution in [0.15, 0.2) is 61.2 Å². The predicted molar refractivity (Wildman–Crippen MR) is 81.6 cm³/mol. The summed E-state index contributed by atoms with van der Waals surface area (Å²) < 4.78 is 5.49. The Morgan fingerprint density at radius 2 is 1.84 bits per heavy atom. The summed E-state index contributed by atoms with van der Waals surface area (Å²) in [7, 11) is 0. The highest BCUT2D eigenvalue weighted by Gasteiger charge is 2.00. The summed E-state index contributed by atoms with van der Waals surface area (Å²) >= 11 is 0. The van der Waals surface area contributed by atoms with Gasteiger partial charge in [0.15, 0.2) is 0 Å². The van der Waals surface area contributed by atoms with Crippen molar-refractivity contribution in [3.8, 4) is 16.9 Å². The maximum absolute atomic E-state index is 5.49. The third-order valence-electron chi connectivity index (χ3n) is 3.02. The molecule has 0 aliphatic rings. The van der Waals surface area contributed by atoms with Crippen molar-refractivity contribution in [1.82, 2.24) is 0 Å². The Kier molecular flexibility index (Phi) is 4.79. The first-order chi connectivity index (χ1) is 9.33. The lowest BCUT2D eigenvalue weighted by atomic mass is 10.0. The lowest BCUT2D eigenvalue weighted by Crippen LogP contribution is -1.92. The van der Waals surface area contributed by atoms with Crippen LogP contribution in [0.5, 0.6) is 5.75 Å². The molecule has 19 heavy (non-hydrogen) atoms. The van der Waals surface area contributed by atoms with Gasteiger partial charge in [0.1, 0.15) is 12.4 Å². The van der Waals surface area contributed by atoms with E-state index in [-0.39, 0.29) is 0 Å². The highest BCUT2D eigenvalue weighted by molar-refractivity contribution is 5.64. The van der Waals surface area contributed by atoms with Crippen molar-refractivity contribution < 1.29 is 4.74 Å². The molecule has 0 aromatic heterocycles. The quantitative estimate of drug-likeness (QED) is 0.666. The second kappa shape index (κ2) is 6.79. The minimum atomic E-state index is 0.547. The Hall–Kier alpha value is -2.02. The SMILES string of the molecule is C=CCOc1ccc(-c2cccc(CCC)c2)cc1. The highest BCUT2D eigenvalue weighted by atomic mass is 16.5. The molecule has 0 unspecified atom stereocenters. The average Bonchev–Trinajstić information content (AvgIpc) is 2.46. The van der Waals surface area contributed by atoms with Gasteiger partial charge in [-0.15, -0.1) is 0 Å². The Morgan fingerprint density at radius 3 is 2.53 bits per heavy atom. The lowest BCUT2D eigenvalue weighted by Gasteiger charge is -2.07. The molecule has 2 aromatic carbocycles. The van der Waals surface area contributed by atoms with Crippen LogP contribution in [-0.2, 0) is 6.42 Å². The first kappa shape index (κ1) is 13.4. The van der Waals surface area contributed by atoms with Gasteiger partial charge in [-0.2, -0.15) is 0 Å². The average molecular weight is 252 g/mol. The molecule has 0 fully saturated rings. The summed E-state index contributed by atoms with van der Waals surface area (Å²) in [4.78, 5) is 0. The van der Waals surface area contributed by atoms with Crippen LogP contribution >= 0.6 is 0 Å². The summed E-state index contributed by atoms with van der Waals surface area (Å²) in [6.07, 6.45) is 4.06. The maximum atomic E-state index is 5.49. The second-order valence-electron chi connectivity index (χ2n) is 4.57. The first-order valence-electron chi connectivity index (χ1n) is 6.76. The van der Waals surface area contributed by atoms with Crippen LogP contribution in [-0.4, -0.2) is 6.61 Å². The Labute approximate surface area is 115 Å². The molecule has 0 spiro atoms. The number of hydrogen-bond acceptors (Lipinski definition) is 1. The van der Waals surface area contributed by atoms with Crippen LogP contribution in [0.4, 0.5) is 0 Å². The summed E-state index contributed by atoms with van der Waals surface area (Å²) in [5.74, 6) is 0.883. The zero-order valence-electron chi connectivity index (χ0n) is 11.4. The van der Waals surface area contributed by atoms with Gasteiger partial charge in [0.2, 0.25) is 0 Å². The molecule has 2 aromatic rings. The van der Waals surface area contributed by atoms with Crippen molar-refractivity contribution in [2.24, 2.45) is 0 Å². The molecule has 2 rings (SSSR count). The molecule has 0 atom stereocenters. The molecule has 1 nitrogen and oxygen atoms in total. The molecule has 1 heteroatoms. The fourth-order valence-electron chi connectivity index (χ4n) is 2.09. The van der Waals surface area contributed by atoms with E-state index in [4.69, 9.17) is 4.74 Å². The number of aryl methyl sites for hydroxylation is 1. The van der Waals surface area contributed by atoms with Gasteiger partial charge < -0.3 is 4.74 Å². The monoisotopic (exact) mass is 252 g/mol. The fraction of sp³-hybridized carbons (Fsp3) is 0.222. The molecular formula is C18H20O. The minimum Gasteiger partial charge on any atom is -0.490 e. The molecule has 0 saturated heterocycles. The van der Waals surface area contributed by atoms with Gasteiger partial charge in [0.05, 0.1) is 0 Å². The minimum absolute atomic E-state index is 0.547. The predicted octanol–water partition coefficient (Wildman–Crippen LogP) is 4.87. The summed E-state index contributed by atoms with van der Waals surface area (Å²) in [6, 6.07) is 16.9. The topological polar surface area (TPSA) is 9.23 Å². The van der Waals surface area contributed by atoms with E-state index in [2.05, 4.69) is 49.9 Å². The van der Waals surface area contributed by atoms with E-state index in [1.165, 1.54) is 23.1 Å². The van der Waals surface area contributed by atoms with Crippen molar-refractivity contribution in [1.29, 1.82) is 0 Å². The van der Waals surface area contributed by atoms with Gasteiger partial charge in [-0.1, -0.05) is 62.4 Å². The van der Waals surface area contributed by atoms with Gasteiger partial charge in [-0.25, -0.2) is 0 Å². The summed E-state index contributed by atoms with van der Waals surface area (Å²) in [5.41, 5.74) is 3.89. The van der Waals surface area contributed by atoms with Gasteiger partial charge >= 0.3 is 0 Å². The third-order valence-corrected chi connectivity index (χ3v) is 3.02. The zero-order valence-corrected chi connectivity index (χ0v) is 11.4. The van der Waals surface area contributed by atoms with Crippen LogP contribution in [0.25, 0.3) is 11.1 Å². The van der Waals surface area contributed by atoms with E-state index < -0.39 is 0 Å². The number of benzene rings is 2. The first-order valence-corrected chi connectivity index (χ1v) is 6.76. The molecule has 0 heterocycles. The molecule has 0 amide bonds. The van der Waals surface area contributed by atoms with Gasteiger partial charge in [0.25, 0.3) is 0 Å². The van der Waals surface area contributed by atoms with Crippen molar-refractivity contribution in [2.75, 3.05) is 6.61 Å². The fourth-order valence-corrected chi connectivity index (χ4v) is 2.09. The van der Waals surface area contributed by atoms with E-state index >= 15 is 0 Å². The zero-order chi connectivity index (χ0) is 13.5. The van der Waals surface area contributed by atoms with E-state index in [0.29, 0.717) is 6.61 Å². The standard InChI is InChI=1S/C18H20O/c1-3-6-15-7-5-8-17(14-15)16-9-11-18(12-10-16)19-13-4-2/h4-5,7-12,14H,2-3,6,13H2,1H3. The molecule has 0 radical (unpaired) electrons. The van der Waals surface area contributed by atoms with Crippen LogP contribution in [0.1, 0.15) is 18.9 Å².